The molecule has 36 heavy (non-hydrogen) atoms. The van der Waals surface area contributed by atoms with E-state index in [1.807, 2.05) is 6.20 Å². The van der Waals surface area contributed by atoms with Crippen LogP contribution < -0.4 is 0 Å². The van der Waals surface area contributed by atoms with E-state index in [4.69, 9.17) is 4.98 Å². The lowest BCUT2D eigenvalue weighted by molar-refractivity contribution is 0.318. The predicted molar refractivity (Wildman–Crippen MR) is 156 cm³/mol. The van der Waals surface area contributed by atoms with Gasteiger partial charge in [-0.1, -0.05) is 139 Å². The summed E-state index contributed by atoms with van der Waals surface area (Å²) in [6.45, 7) is 9.33. The maximum atomic E-state index is 5.00. The second-order valence-corrected chi connectivity index (χ2v) is 11.3. The average Bonchev–Trinajstić information content (AvgIpc) is 3.38. The third-order valence-electron chi connectivity index (χ3n) is 8.03. The third-order valence-corrected chi connectivity index (χ3v) is 8.03. The summed E-state index contributed by atoms with van der Waals surface area (Å²) < 4.78 is 2.41. The normalized spacial score (nSPS) is 14.1. The Labute approximate surface area is 221 Å². The molecule has 0 amide bonds. The van der Waals surface area contributed by atoms with Crippen LogP contribution in [0.2, 0.25) is 0 Å². The molecule has 2 nitrogen and oxygen atoms in total. The van der Waals surface area contributed by atoms with Crippen LogP contribution in [0.3, 0.4) is 0 Å². The van der Waals surface area contributed by atoms with Crippen molar-refractivity contribution >= 4 is 0 Å². The molecule has 1 aromatic heterocycles. The van der Waals surface area contributed by atoms with Crippen molar-refractivity contribution in [3.63, 3.8) is 0 Å². The second-order valence-electron chi connectivity index (χ2n) is 11.3. The first-order valence-electron chi connectivity index (χ1n) is 14.7. The summed E-state index contributed by atoms with van der Waals surface area (Å²) in [4.78, 5) is 5.00. The minimum atomic E-state index is -0.0279. The van der Waals surface area contributed by atoms with Crippen molar-refractivity contribution in [1.82, 2.24) is 9.55 Å². The molecular weight excluding hydrogens is 436 g/mol. The van der Waals surface area contributed by atoms with Crippen molar-refractivity contribution in [3.8, 4) is 0 Å². The molecule has 1 heterocycles. The highest BCUT2D eigenvalue weighted by atomic mass is 15.1. The van der Waals surface area contributed by atoms with Gasteiger partial charge in [0.15, 0.2) is 0 Å². The first kappa shape index (κ1) is 28.2. The van der Waals surface area contributed by atoms with Gasteiger partial charge >= 0.3 is 0 Å². The van der Waals surface area contributed by atoms with Gasteiger partial charge in [-0.25, -0.2) is 4.98 Å². The quantitative estimate of drug-likeness (QED) is 0.174. The van der Waals surface area contributed by atoms with E-state index in [2.05, 4.69) is 99.1 Å². The second kappa shape index (κ2) is 15.0. The lowest BCUT2D eigenvalue weighted by Gasteiger charge is -2.39. The van der Waals surface area contributed by atoms with Crippen LogP contribution >= 0.6 is 0 Å². The molecule has 2 aromatic carbocycles. The van der Waals surface area contributed by atoms with Crippen LogP contribution in [0.1, 0.15) is 127 Å². The maximum absolute atomic E-state index is 5.00. The first-order valence-corrected chi connectivity index (χ1v) is 14.7. The number of aromatic nitrogens is 2. The molecule has 0 saturated heterocycles. The highest BCUT2D eigenvalue weighted by molar-refractivity contribution is 5.33. The van der Waals surface area contributed by atoms with Crippen molar-refractivity contribution in [2.75, 3.05) is 0 Å². The van der Waals surface area contributed by atoms with Crippen molar-refractivity contribution < 1.29 is 0 Å². The maximum Gasteiger partial charge on any atom is 0.112 e. The van der Waals surface area contributed by atoms with Gasteiger partial charge in [-0.05, 0) is 37.8 Å². The van der Waals surface area contributed by atoms with Gasteiger partial charge in [0.05, 0.1) is 0 Å². The number of nitrogens with zero attached hydrogens (tertiary/aromatic N) is 2. The van der Waals surface area contributed by atoms with Crippen molar-refractivity contribution in [2.24, 2.45) is 0 Å². The Hall–Kier alpha value is -2.35. The molecule has 2 atom stereocenters. The van der Waals surface area contributed by atoms with Crippen LogP contribution in [-0.4, -0.2) is 9.55 Å². The summed E-state index contributed by atoms with van der Waals surface area (Å²) in [5.74, 6) is 1.62. The molecule has 2 heteroatoms. The molecule has 0 aliphatic carbocycles. The highest BCUT2D eigenvalue weighted by Gasteiger charge is 2.39. The van der Waals surface area contributed by atoms with Crippen LogP contribution in [0.4, 0.5) is 0 Å². The summed E-state index contributed by atoms with van der Waals surface area (Å²) in [6.07, 6.45) is 20.1. The summed E-state index contributed by atoms with van der Waals surface area (Å²) in [6, 6.07) is 22.6. The van der Waals surface area contributed by atoms with Crippen LogP contribution in [-0.2, 0) is 11.8 Å². The molecule has 0 saturated carbocycles. The monoisotopic (exact) mass is 486 g/mol. The summed E-state index contributed by atoms with van der Waals surface area (Å²) in [5.41, 5.74) is 2.80. The Morgan fingerprint density at radius 1 is 0.750 bits per heavy atom. The number of imidazole rings is 1. The zero-order valence-electron chi connectivity index (χ0n) is 23.5. The third kappa shape index (κ3) is 8.08. The fraction of sp³-hybridized carbons (Fsp3) is 0.559. The number of rotatable bonds is 17. The van der Waals surface area contributed by atoms with Gasteiger partial charge < -0.3 is 4.57 Å². The van der Waals surface area contributed by atoms with E-state index in [0.717, 1.165) is 6.42 Å². The molecule has 196 valence electrons. The molecule has 0 radical (unpaired) electrons. The molecule has 0 fully saturated rings. The number of unbranched alkanes of at least 4 members (excludes halogenated alkanes) is 9. The molecule has 3 rings (SSSR count). The van der Waals surface area contributed by atoms with Gasteiger partial charge in [0.2, 0.25) is 0 Å². The van der Waals surface area contributed by atoms with Gasteiger partial charge in [0.1, 0.15) is 5.82 Å². The van der Waals surface area contributed by atoms with Gasteiger partial charge in [-0.15, -0.1) is 0 Å². The van der Waals surface area contributed by atoms with E-state index in [-0.39, 0.29) is 5.41 Å². The Morgan fingerprint density at radius 3 is 1.89 bits per heavy atom. The van der Waals surface area contributed by atoms with Gasteiger partial charge in [-0.2, -0.15) is 0 Å². The smallest absolute Gasteiger partial charge is 0.112 e. The van der Waals surface area contributed by atoms with Gasteiger partial charge in [0, 0.05) is 29.8 Å². The van der Waals surface area contributed by atoms with Crippen molar-refractivity contribution in [3.05, 3.63) is 90.0 Å². The molecule has 3 aromatic rings. The van der Waals surface area contributed by atoms with E-state index in [0.29, 0.717) is 12.0 Å². The Balaban J connectivity index is 1.76. The number of hydrogen-bond acceptors (Lipinski definition) is 1. The van der Waals surface area contributed by atoms with E-state index in [9.17, 15) is 0 Å². The SMILES string of the molecule is CCCCCCCCCCCCC(c1nccn1C(C)C)C(C)(Cc1ccccc1)c1ccccc1. The fourth-order valence-corrected chi connectivity index (χ4v) is 5.86. The van der Waals surface area contributed by atoms with E-state index in [1.165, 1.54) is 87.6 Å². The molecule has 0 spiro atoms. The van der Waals surface area contributed by atoms with Crippen molar-refractivity contribution in [1.29, 1.82) is 0 Å². The van der Waals surface area contributed by atoms with E-state index < -0.39 is 0 Å². The Bertz CT molecular complexity index is 959. The lowest BCUT2D eigenvalue weighted by Crippen LogP contribution is -2.35. The summed E-state index contributed by atoms with van der Waals surface area (Å²) >= 11 is 0. The van der Waals surface area contributed by atoms with Crippen LogP contribution in [0, 0.1) is 0 Å². The van der Waals surface area contributed by atoms with Crippen LogP contribution in [0.5, 0.6) is 0 Å². The molecule has 2 unspecified atom stereocenters. The molecular formula is C34H50N2. The predicted octanol–water partition coefficient (Wildman–Crippen LogP) is 10.1. The zero-order valence-corrected chi connectivity index (χ0v) is 23.5. The average molecular weight is 487 g/mol. The van der Waals surface area contributed by atoms with Crippen LogP contribution in [0.15, 0.2) is 73.1 Å². The van der Waals surface area contributed by atoms with Gasteiger partial charge in [-0.3, -0.25) is 0 Å². The topological polar surface area (TPSA) is 17.8 Å². The standard InChI is InChI=1S/C34H50N2/c1-5-6-7-8-9-10-11-12-13-20-25-32(33-35-26-27-36(33)29(2)3)34(4,31-23-18-15-19-24-31)28-30-21-16-14-17-22-30/h14-19,21-24,26-27,29,32H,5-13,20,25,28H2,1-4H3. The lowest BCUT2D eigenvalue weighted by atomic mass is 9.66. The summed E-state index contributed by atoms with van der Waals surface area (Å²) in [7, 11) is 0. The Morgan fingerprint density at radius 2 is 1.31 bits per heavy atom. The minimum absolute atomic E-state index is 0.0279. The van der Waals surface area contributed by atoms with Gasteiger partial charge in [0.25, 0.3) is 0 Å². The molecule has 0 bridgehead atoms. The summed E-state index contributed by atoms with van der Waals surface area (Å²) in [5, 5.41) is 0. The number of benzene rings is 2. The Kier molecular flexibility index (Phi) is 11.8. The van der Waals surface area contributed by atoms with E-state index >= 15 is 0 Å². The first-order chi connectivity index (χ1) is 17.6. The molecule has 0 aliphatic rings. The number of hydrogen-bond donors (Lipinski definition) is 0. The van der Waals surface area contributed by atoms with Crippen LogP contribution in [0.25, 0.3) is 0 Å². The van der Waals surface area contributed by atoms with Crippen molar-refractivity contribution in [2.45, 2.75) is 122 Å². The minimum Gasteiger partial charge on any atom is -0.332 e. The zero-order chi connectivity index (χ0) is 25.6. The largest absolute Gasteiger partial charge is 0.332 e. The molecule has 0 N–H and O–H groups in total. The highest BCUT2D eigenvalue weighted by Crippen LogP contribution is 2.44. The van der Waals surface area contributed by atoms with E-state index in [1.54, 1.807) is 0 Å². The fourth-order valence-electron chi connectivity index (χ4n) is 5.86. The molecule has 0 aliphatic heterocycles.